The van der Waals surface area contributed by atoms with E-state index < -0.39 is 11.8 Å². The Morgan fingerprint density at radius 1 is 1.65 bits per heavy atom. The van der Waals surface area contributed by atoms with Gasteiger partial charge in [0.1, 0.15) is 12.4 Å². The van der Waals surface area contributed by atoms with Crippen molar-refractivity contribution < 1.29 is 13.9 Å². The van der Waals surface area contributed by atoms with Crippen molar-refractivity contribution in [2.45, 2.75) is 6.54 Å². The fourth-order valence-corrected chi connectivity index (χ4v) is 1.83. The zero-order chi connectivity index (χ0) is 12.6. The van der Waals surface area contributed by atoms with Gasteiger partial charge in [0.2, 0.25) is 5.95 Å². The van der Waals surface area contributed by atoms with Gasteiger partial charge in [-0.25, -0.2) is 9.37 Å². The van der Waals surface area contributed by atoms with Crippen LogP contribution in [0.1, 0.15) is 0 Å². The van der Waals surface area contributed by atoms with Crippen molar-refractivity contribution in [1.29, 1.82) is 0 Å². The number of halogens is 2. The van der Waals surface area contributed by atoms with E-state index in [-0.39, 0.29) is 12.5 Å². The molecule has 17 heavy (non-hydrogen) atoms. The summed E-state index contributed by atoms with van der Waals surface area (Å²) >= 11 is 3.06. The summed E-state index contributed by atoms with van der Waals surface area (Å²) < 4.78 is 19.6. The molecule has 2 rings (SSSR count). The molecule has 0 aliphatic rings. The average Bonchev–Trinajstić information content (AvgIpc) is 2.56. The van der Waals surface area contributed by atoms with Crippen molar-refractivity contribution in [2.75, 3.05) is 12.8 Å². The highest BCUT2D eigenvalue weighted by Crippen LogP contribution is 2.24. The summed E-state index contributed by atoms with van der Waals surface area (Å²) in [5.41, 5.74) is 6.63. The molecule has 1 aromatic carbocycles. The topological polar surface area (TPSA) is 70.1 Å². The van der Waals surface area contributed by atoms with Crippen LogP contribution < -0.4 is 5.73 Å². The summed E-state index contributed by atoms with van der Waals surface area (Å²) in [5, 5.41) is 0. The predicted octanol–water partition coefficient (Wildman–Crippen LogP) is 1.69. The Kier molecular flexibility index (Phi) is 3.01. The quantitative estimate of drug-likeness (QED) is 0.857. The van der Waals surface area contributed by atoms with Crippen LogP contribution in [0, 0.1) is 5.82 Å². The Bertz CT molecular complexity index is 597. The van der Waals surface area contributed by atoms with Gasteiger partial charge >= 0.3 is 5.97 Å². The highest BCUT2D eigenvalue weighted by Gasteiger charge is 2.14. The third-order valence-corrected chi connectivity index (χ3v) is 2.94. The molecule has 0 bridgehead atoms. The molecule has 1 aromatic heterocycles. The van der Waals surface area contributed by atoms with Crippen LogP contribution in [0.4, 0.5) is 10.3 Å². The maximum absolute atomic E-state index is 13.4. The molecule has 0 atom stereocenters. The SMILES string of the molecule is COC(=O)Cn1c(N)nc2cc(Br)c(F)cc21. The highest BCUT2D eigenvalue weighted by molar-refractivity contribution is 9.10. The largest absolute Gasteiger partial charge is 0.468 e. The minimum Gasteiger partial charge on any atom is -0.468 e. The molecule has 2 N–H and O–H groups in total. The lowest BCUT2D eigenvalue weighted by Gasteiger charge is -2.04. The zero-order valence-corrected chi connectivity index (χ0v) is 10.5. The number of nitrogens with two attached hydrogens (primary N) is 1. The van der Waals surface area contributed by atoms with E-state index >= 15 is 0 Å². The van der Waals surface area contributed by atoms with Crippen LogP contribution in [0.15, 0.2) is 16.6 Å². The Morgan fingerprint density at radius 2 is 2.35 bits per heavy atom. The van der Waals surface area contributed by atoms with Gasteiger partial charge in [0, 0.05) is 6.07 Å². The first kappa shape index (κ1) is 11.8. The van der Waals surface area contributed by atoms with Gasteiger partial charge in [0.05, 0.1) is 22.6 Å². The summed E-state index contributed by atoms with van der Waals surface area (Å²) in [7, 11) is 1.27. The molecule has 0 aliphatic heterocycles. The van der Waals surface area contributed by atoms with Crippen molar-refractivity contribution in [2.24, 2.45) is 0 Å². The first-order chi connectivity index (χ1) is 8.02. The van der Waals surface area contributed by atoms with Crippen LogP contribution in [-0.2, 0) is 16.1 Å². The maximum atomic E-state index is 13.4. The van der Waals surface area contributed by atoms with Crippen molar-refractivity contribution in [1.82, 2.24) is 9.55 Å². The number of aromatic nitrogens is 2. The number of rotatable bonds is 2. The number of fused-ring (bicyclic) bond motifs is 1. The second-order valence-electron chi connectivity index (χ2n) is 3.39. The third kappa shape index (κ3) is 2.10. The molecular formula is C10H9BrFN3O2. The molecule has 7 heteroatoms. The number of benzene rings is 1. The highest BCUT2D eigenvalue weighted by atomic mass is 79.9. The molecule has 0 saturated carbocycles. The van der Waals surface area contributed by atoms with Gasteiger partial charge in [-0.15, -0.1) is 0 Å². The normalized spacial score (nSPS) is 10.8. The first-order valence-electron chi connectivity index (χ1n) is 4.70. The van der Waals surface area contributed by atoms with E-state index in [1.165, 1.54) is 23.8 Å². The molecular weight excluding hydrogens is 293 g/mol. The lowest BCUT2D eigenvalue weighted by atomic mass is 10.3. The molecule has 0 unspecified atom stereocenters. The van der Waals surface area contributed by atoms with Gasteiger partial charge in [-0.2, -0.15) is 0 Å². The Hall–Kier alpha value is -1.63. The molecule has 1 heterocycles. The Labute approximate surface area is 104 Å². The van der Waals surface area contributed by atoms with E-state index in [1.54, 1.807) is 0 Å². The zero-order valence-electron chi connectivity index (χ0n) is 8.91. The fraction of sp³-hybridized carbons (Fsp3) is 0.200. The van der Waals surface area contributed by atoms with Crippen LogP contribution in [0.3, 0.4) is 0 Å². The van der Waals surface area contributed by atoms with Gasteiger partial charge in [-0.1, -0.05) is 0 Å². The summed E-state index contributed by atoms with van der Waals surface area (Å²) in [6.07, 6.45) is 0. The molecule has 0 spiro atoms. The summed E-state index contributed by atoms with van der Waals surface area (Å²) in [5.74, 6) is -0.772. The second-order valence-corrected chi connectivity index (χ2v) is 4.24. The smallest absolute Gasteiger partial charge is 0.325 e. The van der Waals surface area contributed by atoms with Crippen molar-refractivity contribution in [3.8, 4) is 0 Å². The second kappa shape index (κ2) is 4.33. The Balaban J connectivity index is 2.58. The van der Waals surface area contributed by atoms with Gasteiger partial charge in [-0.3, -0.25) is 9.36 Å². The molecule has 0 aliphatic carbocycles. The maximum Gasteiger partial charge on any atom is 0.325 e. The molecule has 0 radical (unpaired) electrons. The number of esters is 1. The molecule has 0 saturated heterocycles. The summed E-state index contributed by atoms with van der Waals surface area (Å²) in [4.78, 5) is 15.2. The number of hydrogen-bond acceptors (Lipinski definition) is 4. The van der Waals surface area contributed by atoms with Crippen molar-refractivity contribution in [3.05, 3.63) is 22.4 Å². The standard InChI is InChI=1S/C10H9BrFN3O2/c1-17-9(16)4-15-8-3-6(12)5(11)2-7(8)14-10(15)13/h2-3H,4H2,1H3,(H2,13,14). The number of carbonyl (C=O) groups is 1. The van der Waals surface area contributed by atoms with Gasteiger partial charge in [-0.05, 0) is 22.0 Å². The van der Waals surface area contributed by atoms with E-state index in [0.717, 1.165) is 0 Å². The minimum absolute atomic E-state index is 0.0973. The van der Waals surface area contributed by atoms with Crippen molar-refractivity contribution >= 4 is 38.9 Å². The average molecular weight is 302 g/mol. The van der Waals surface area contributed by atoms with Gasteiger partial charge in [0.15, 0.2) is 0 Å². The van der Waals surface area contributed by atoms with E-state index in [2.05, 4.69) is 25.7 Å². The summed E-state index contributed by atoms with van der Waals surface area (Å²) in [6.45, 7) is -0.0973. The molecule has 2 aromatic rings. The van der Waals surface area contributed by atoms with E-state index in [4.69, 9.17) is 5.73 Å². The van der Waals surface area contributed by atoms with Crippen LogP contribution >= 0.6 is 15.9 Å². The number of imidazole rings is 1. The van der Waals surface area contributed by atoms with Crippen LogP contribution in [-0.4, -0.2) is 22.6 Å². The number of nitrogen functional groups attached to an aromatic ring is 1. The number of ether oxygens (including phenoxy) is 1. The van der Waals surface area contributed by atoms with Crippen LogP contribution in [0.25, 0.3) is 11.0 Å². The van der Waals surface area contributed by atoms with E-state index in [9.17, 15) is 9.18 Å². The lowest BCUT2D eigenvalue weighted by molar-refractivity contribution is -0.141. The molecule has 0 amide bonds. The number of nitrogens with zero attached hydrogens (tertiary/aromatic N) is 2. The number of methoxy groups -OCH3 is 1. The third-order valence-electron chi connectivity index (χ3n) is 2.33. The van der Waals surface area contributed by atoms with Gasteiger partial charge < -0.3 is 10.5 Å². The van der Waals surface area contributed by atoms with Crippen LogP contribution in [0.2, 0.25) is 0 Å². The van der Waals surface area contributed by atoms with E-state index in [0.29, 0.717) is 15.5 Å². The Morgan fingerprint density at radius 3 is 3.00 bits per heavy atom. The van der Waals surface area contributed by atoms with Crippen molar-refractivity contribution in [3.63, 3.8) is 0 Å². The fourth-order valence-electron chi connectivity index (χ4n) is 1.50. The monoisotopic (exact) mass is 301 g/mol. The number of anilines is 1. The molecule has 5 nitrogen and oxygen atoms in total. The number of hydrogen-bond donors (Lipinski definition) is 1. The molecule has 90 valence electrons. The van der Waals surface area contributed by atoms with E-state index in [1.807, 2.05) is 0 Å². The first-order valence-corrected chi connectivity index (χ1v) is 5.50. The van der Waals surface area contributed by atoms with Gasteiger partial charge in [0.25, 0.3) is 0 Å². The lowest BCUT2D eigenvalue weighted by Crippen LogP contribution is -2.13. The predicted molar refractivity (Wildman–Crippen MR) is 63.8 cm³/mol. The molecule has 0 fully saturated rings. The summed E-state index contributed by atoms with van der Waals surface area (Å²) in [6, 6.07) is 2.78. The number of carbonyl (C=O) groups excluding carboxylic acids is 1. The van der Waals surface area contributed by atoms with Crippen LogP contribution in [0.5, 0.6) is 0 Å². The minimum atomic E-state index is -0.473.